The summed E-state index contributed by atoms with van der Waals surface area (Å²) in [5.41, 5.74) is -0.178. The first-order valence-electron chi connectivity index (χ1n) is 7.23. The van der Waals surface area contributed by atoms with Crippen LogP contribution < -0.4 is 5.32 Å². The Kier molecular flexibility index (Phi) is 5.50. The smallest absolute Gasteiger partial charge is 0.338 e. The maximum atomic E-state index is 14.1. The number of hydrogen-bond acceptors (Lipinski definition) is 4. The number of rotatable bonds is 5. The van der Waals surface area contributed by atoms with Gasteiger partial charge in [-0.05, 0) is 19.1 Å². The Hall–Kier alpha value is -2.48. The number of benzene rings is 1. The third kappa shape index (κ3) is 3.38. The van der Waals surface area contributed by atoms with Gasteiger partial charge in [-0.3, -0.25) is 0 Å². The zero-order valence-electron chi connectivity index (χ0n) is 13.6. The molecule has 1 aromatic rings. The van der Waals surface area contributed by atoms with Gasteiger partial charge in [0.05, 0.1) is 23.8 Å². The van der Waals surface area contributed by atoms with E-state index in [9.17, 15) is 18.4 Å². The van der Waals surface area contributed by atoms with E-state index in [2.05, 4.69) is 5.32 Å². The van der Waals surface area contributed by atoms with E-state index in [0.717, 1.165) is 12.1 Å². The van der Waals surface area contributed by atoms with E-state index in [1.54, 1.807) is 0 Å². The lowest BCUT2D eigenvalue weighted by Crippen LogP contribution is -2.46. The van der Waals surface area contributed by atoms with E-state index in [1.807, 2.05) is 0 Å². The molecule has 1 atom stereocenters. The number of hydrogen-bond donors (Lipinski definition) is 1. The summed E-state index contributed by atoms with van der Waals surface area (Å²) in [6, 6.07) is 1.48. The molecule has 0 saturated carbocycles. The van der Waals surface area contributed by atoms with E-state index in [4.69, 9.17) is 9.47 Å². The van der Waals surface area contributed by atoms with Crippen LogP contribution in [-0.4, -0.2) is 44.3 Å². The van der Waals surface area contributed by atoms with Crippen molar-refractivity contribution in [2.75, 3.05) is 27.4 Å². The molecule has 8 heteroatoms. The molecule has 130 valence electrons. The second kappa shape index (κ2) is 7.39. The van der Waals surface area contributed by atoms with Crippen molar-refractivity contribution in [3.05, 3.63) is 46.7 Å². The van der Waals surface area contributed by atoms with Gasteiger partial charge in [0.1, 0.15) is 18.2 Å². The number of urea groups is 1. The third-order valence-corrected chi connectivity index (χ3v) is 3.78. The Labute approximate surface area is 138 Å². The third-order valence-electron chi connectivity index (χ3n) is 3.78. The molecule has 1 N–H and O–H groups in total. The van der Waals surface area contributed by atoms with Crippen molar-refractivity contribution in [2.45, 2.75) is 13.0 Å². The van der Waals surface area contributed by atoms with Crippen molar-refractivity contribution in [1.29, 1.82) is 0 Å². The SMILES string of the molecule is COCCOC(=O)C1=C(C)N(C)C(=O)N[C@@H]1c1c(F)cccc1F. The van der Waals surface area contributed by atoms with Gasteiger partial charge in [0.15, 0.2) is 0 Å². The molecular formula is C16H18F2N2O4. The van der Waals surface area contributed by atoms with Crippen LogP contribution in [0.25, 0.3) is 0 Å². The van der Waals surface area contributed by atoms with Gasteiger partial charge in [-0.2, -0.15) is 0 Å². The van der Waals surface area contributed by atoms with Crippen LogP contribution in [0.3, 0.4) is 0 Å². The van der Waals surface area contributed by atoms with E-state index < -0.39 is 35.2 Å². The molecule has 1 aromatic carbocycles. The first-order valence-corrected chi connectivity index (χ1v) is 7.23. The second-order valence-corrected chi connectivity index (χ2v) is 5.20. The summed E-state index contributed by atoms with van der Waals surface area (Å²) >= 11 is 0. The van der Waals surface area contributed by atoms with Crippen LogP contribution in [0, 0.1) is 11.6 Å². The number of amides is 2. The van der Waals surface area contributed by atoms with Crippen molar-refractivity contribution >= 4 is 12.0 Å². The van der Waals surface area contributed by atoms with Gasteiger partial charge in [0, 0.05) is 19.9 Å². The molecule has 6 nitrogen and oxygen atoms in total. The first kappa shape index (κ1) is 17.9. The van der Waals surface area contributed by atoms with Gasteiger partial charge < -0.3 is 19.7 Å². The normalized spacial score (nSPS) is 17.8. The minimum absolute atomic E-state index is 0.0176. The van der Waals surface area contributed by atoms with E-state index in [0.29, 0.717) is 0 Å². The zero-order valence-corrected chi connectivity index (χ0v) is 13.6. The van der Waals surface area contributed by atoms with Crippen LogP contribution in [0.5, 0.6) is 0 Å². The lowest BCUT2D eigenvalue weighted by Gasteiger charge is -2.33. The summed E-state index contributed by atoms with van der Waals surface area (Å²) < 4.78 is 38.1. The van der Waals surface area contributed by atoms with Crippen molar-refractivity contribution in [1.82, 2.24) is 10.2 Å². The zero-order chi connectivity index (χ0) is 17.9. The van der Waals surface area contributed by atoms with Crippen molar-refractivity contribution in [3.63, 3.8) is 0 Å². The Morgan fingerprint density at radius 1 is 1.29 bits per heavy atom. The quantitative estimate of drug-likeness (QED) is 0.659. The fraction of sp³-hybridized carbons (Fsp3) is 0.375. The lowest BCUT2D eigenvalue weighted by atomic mass is 9.94. The maximum Gasteiger partial charge on any atom is 0.338 e. The highest BCUT2D eigenvalue weighted by molar-refractivity contribution is 5.95. The summed E-state index contributed by atoms with van der Waals surface area (Å²) in [7, 11) is 2.89. The van der Waals surface area contributed by atoms with Crippen LogP contribution in [0.15, 0.2) is 29.5 Å². The number of nitrogens with one attached hydrogen (secondary N) is 1. The van der Waals surface area contributed by atoms with Gasteiger partial charge in [-0.15, -0.1) is 0 Å². The fourth-order valence-electron chi connectivity index (χ4n) is 2.40. The monoisotopic (exact) mass is 340 g/mol. The highest BCUT2D eigenvalue weighted by Gasteiger charge is 2.37. The van der Waals surface area contributed by atoms with E-state index in [-0.39, 0.29) is 24.5 Å². The minimum Gasteiger partial charge on any atom is -0.460 e. The number of ether oxygens (including phenoxy) is 2. The average Bonchev–Trinajstić information content (AvgIpc) is 2.52. The van der Waals surface area contributed by atoms with Crippen molar-refractivity contribution in [3.8, 4) is 0 Å². The summed E-state index contributed by atoms with van der Waals surface area (Å²) in [5.74, 6) is -2.50. The van der Waals surface area contributed by atoms with Gasteiger partial charge >= 0.3 is 12.0 Å². The average molecular weight is 340 g/mol. The van der Waals surface area contributed by atoms with Crippen LogP contribution in [0.2, 0.25) is 0 Å². The van der Waals surface area contributed by atoms with Crippen LogP contribution in [0.1, 0.15) is 18.5 Å². The van der Waals surface area contributed by atoms with E-state index >= 15 is 0 Å². The fourth-order valence-corrected chi connectivity index (χ4v) is 2.40. The molecule has 1 aliphatic heterocycles. The highest BCUT2D eigenvalue weighted by atomic mass is 19.1. The van der Waals surface area contributed by atoms with Crippen LogP contribution in [0.4, 0.5) is 13.6 Å². The molecule has 24 heavy (non-hydrogen) atoms. The maximum absolute atomic E-state index is 14.1. The number of esters is 1. The highest BCUT2D eigenvalue weighted by Crippen LogP contribution is 2.33. The molecule has 0 aromatic heterocycles. The number of carbonyl (C=O) groups is 2. The summed E-state index contributed by atoms with van der Waals surface area (Å²) in [6.45, 7) is 1.67. The van der Waals surface area contributed by atoms with Gasteiger partial charge in [0.25, 0.3) is 0 Å². The summed E-state index contributed by atoms with van der Waals surface area (Å²) in [5, 5.41) is 2.43. The standard InChI is InChI=1S/C16H18F2N2O4/c1-9-12(15(21)24-8-7-23-3)14(19-16(22)20(9)2)13-10(17)5-4-6-11(13)18/h4-6,14H,7-8H2,1-3H3,(H,19,22)/t14-/m0/s1. The number of nitrogens with zero attached hydrogens (tertiary/aromatic N) is 1. The molecule has 0 aliphatic carbocycles. The van der Waals surface area contributed by atoms with Gasteiger partial charge in [-0.25, -0.2) is 18.4 Å². The van der Waals surface area contributed by atoms with Crippen molar-refractivity contribution in [2.24, 2.45) is 0 Å². The topological polar surface area (TPSA) is 67.9 Å². The molecule has 0 saturated heterocycles. The largest absolute Gasteiger partial charge is 0.460 e. The molecular weight excluding hydrogens is 322 g/mol. The molecule has 0 unspecified atom stereocenters. The Morgan fingerprint density at radius 3 is 2.50 bits per heavy atom. The van der Waals surface area contributed by atoms with Crippen molar-refractivity contribution < 1.29 is 27.8 Å². The number of allylic oxidation sites excluding steroid dienone is 1. The molecule has 2 amide bonds. The molecule has 1 heterocycles. The van der Waals surface area contributed by atoms with Gasteiger partial charge in [0.2, 0.25) is 0 Å². The second-order valence-electron chi connectivity index (χ2n) is 5.20. The van der Waals surface area contributed by atoms with Crippen LogP contribution in [-0.2, 0) is 14.3 Å². The first-order chi connectivity index (χ1) is 11.4. The molecule has 2 rings (SSSR count). The van der Waals surface area contributed by atoms with E-state index in [1.165, 1.54) is 32.0 Å². The number of halogens is 2. The summed E-state index contributed by atoms with van der Waals surface area (Å²) in [4.78, 5) is 25.6. The lowest BCUT2D eigenvalue weighted by molar-refractivity contribution is -0.140. The Balaban J connectivity index is 2.47. The van der Waals surface area contributed by atoms with Gasteiger partial charge in [-0.1, -0.05) is 6.07 Å². The summed E-state index contributed by atoms with van der Waals surface area (Å²) in [6.07, 6.45) is 0. The molecule has 0 spiro atoms. The molecule has 1 aliphatic rings. The number of methoxy groups -OCH3 is 1. The molecule has 0 fully saturated rings. The molecule has 0 radical (unpaired) electrons. The minimum atomic E-state index is -1.27. The Bertz CT molecular complexity index is 670. The van der Waals surface area contributed by atoms with Crippen LogP contribution >= 0.6 is 0 Å². The predicted molar refractivity (Wildman–Crippen MR) is 80.9 cm³/mol. The Morgan fingerprint density at radius 2 is 1.92 bits per heavy atom. The predicted octanol–water partition coefficient (Wildman–Crippen LogP) is 2.12. The number of carbonyl (C=O) groups excluding carboxylic acids is 2. The molecule has 0 bridgehead atoms.